The van der Waals surface area contributed by atoms with E-state index in [4.69, 9.17) is 23.2 Å². The molecule has 1 heterocycles. The summed E-state index contributed by atoms with van der Waals surface area (Å²) in [7, 11) is 1.82. The van der Waals surface area contributed by atoms with Gasteiger partial charge in [-0.1, -0.05) is 49.2 Å². The Labute approximate surface area is 140 Å². The largest absolute Gasteiger partial charge is 0.351 e. The molecule has 0 bridgehead atoms. The van der Waals surface area contributed by atoms with E-state index in [0.717, 1.165) is 5.56 Å². The topological polar surface area (TPSA) is 38.1 Å². The number of rotatable bonds is 5. The molecule has 0 radical (unpaired) electrons. The SMILES string of the molecule is CC(C)Cn1ccnc(N(C)Cc2cccc(Cl)c2Cl)c1=O. The van der Waals surface area contributed by atoms with E-state index < -0.39 is 0 Å². The van der Waals surface area contributed by atoms with Gasteiger partial charge in [-0.2, -0.15) is 0 Å². The molecule has 0 atom stereocenters. The summed E-state index contributed by atoms with van der Waals surface area (Å²) in [5, 5.41) is 1.01. The van der Waals surface area contributed by atoms with Crippen LogP contribution in [0.1, 0.15) is 19.4 Å². The van der Waals surface area contributed by atoms with Crippen LogP contribution < -0.4 is 10.5 Å². The van der Waals surface area contributed by atoms with Gasteiger partial charge in [0.05, 0.1) is 10.0 Å². The van der Waals surface area contributed by atoms with Crippen molar-refractivity contribution in [3.63, 3.8) is 0 Å². The van der Waals surface area contributed by atoms with E-state index >= 15 is 0 Å². The van der Waals surface area contributed by atoms with E-state index in [1.165, 1.54) is 0 Å². The van der Waals surface area contributed by atoms with Crippen LogP contribution in [0.3, 0.4) is 0 Å². The number of benzene rings is 1. The van der Waals surface area contributed by atoms with Gasteiger partial charge in [0.15, 0.2) is 5.82 Å². The summed E-state index contributed by atoms with van der Waals surface area (Å²) in [6.45, 7) is 5.28. The van der Waals surface area contributed by atoms with Gasteiger partial charge in [0.25, 0.3) is 5.56 Å². The number of nitrogens with zero attached hydrogens (tertiary/aromatic N) is 3. The zero-order valence-corrected chi connectivity index (χ0v) is 14.4. The van der Waals surface area contributed by atoms with Crippen LogP contribution in [-0.4, -0.2) is 16.6 Å². The molecule has 0 spiro atoms. The van der Waals surface area contributed by atoms with E-state index in [9.17, 15) is 4.79 Å². The van der Waals surface area contributed by atoms with E-state index in [1.54, 1.807) is 27.9 Å². The first-order valence-electron chi connectivity index (χ1n) is 7.09. The summed E-state index contributed by atoms with van der Waals surface area (Å²) < 4.78 is 1.68. The van der Waals surface area contributed by atoms with Crippen LogP contribution in [0.15, 0.2) is 35.4 Å². The molecule has 1 aromatic heterocycles. The molecule has 2 aromatic rings. The van der Waals surface area contributed by atoms with Gasteiger partial charge in [0.2, 0.25) is 0 Å². The molecule has 0 saturated heterocycles. The Morgan fingerprint density at radius 2 is 2.05 bits per heavy atom. The predicted molar refractivity (Wildman–Crippen MR) is 91.9 cm³/mol. The molecule has 0 aliphatic carbocycles. The van der Waals surface area contributed by atoms with Crippen molar-refractivity contribution in [1.82, 2.24) is 9.55 Å². The first-order chi connectivity index (χ1) is 10.4. The van der Waals surface area contributed by atoms with Crippen molar-refractivity contribution < 1.29 is 0 Å². The lowest BCUT2D eigenvalue weighted by molar-refractivity contribution is 0.508. The highest BCUT2D eigenvalue weighted by Gasteiger charge is 2.13. The zero-order valence-electron chi connectivity index (χ0n) is 12.9. The van der Waals surface area contributed by atoms with E-state index in [1.807, 2.05) is 19.2 Å². The molecule has 0 unspecified atom stereocenters. The summed E-state index contributed by atoms with van der Waals surface area (Å²) in [6, 6.07) is 5.47. The molecule has 0 aliphatic rings. The van der Waals surface area contributed by atoms with Gasteiger partial charge < -0.3 is 9.47 Å². The van der Waals surface area contributed by atoms with Gasteiger partial charge in [-0.05, 0) is 17.5 Å². The summed E-state index contributed by atoms with van der Waals surface area (Å²) >= 11 is 12.2. The highest BCUT2D eigenvalue weighted by molar-refractivity contribution is 6.42. The molecule has 0 fully saturated rings. The van der Waals surface area contributed by atoms with Crippen LogP contribution in [0.5, 0.6) is 0 Å². The minimum atomic E-state index is -0.100. The molecule has 4 nitrogen and oxygen atoms in total. The maximum atomic E-state index is 12.5. The quantitative estimate of drug-likeness (QED) is 0.830. The lowest BCUT2D eigenvalue weighted by Crippen LogP contribution is -2.31. The number of hydrogen-bond donors (Lipinski definition) is 0. The van der Waals surface area contributed by atoms with Gasteiger partial charge >= 0.3 is 0 Å². The van der Waals surface area contributed by atoms with Gasteiger partial charge in [-0.25, -0.2) is 4.98 Å². The number of halogens is 2. The maximum absolute atomic E-state index is 12.5. The highest BCUT2D eigenvalue weighted by Crippen LogP contribution is 2.26. The zero-order chi connectivity index (χ0) is 16.3. The molecule has 0 amide bonds. The fourth-order valence-electron chi connectivity index (χ4n) is 2.24. The predicted octanol–water partition coefficient (Wildman–Crippen LogP) is 3.84. The molecule has 22 heavy (non-hydrogen) atoms. The average molecular weight is 340 g/mol. The Morgan fingerprint density at radius 3 is 2.73 bits per heavy atom. The molecular formula is C16H19Cl2N3O. The van der Waals surface area contributed by atoms with Crippen LogP contribution in [0.4, 0.5) is 5.82 Å². The lowest BCUT2D eigenvalue weighted by Gasteiger charge is -2.19. The van der Waals surface area contributed by atoms with Gasteiger partial charge in [-0.3, -0.25) is 4.79 Å². The van der Waals surface area contributed by atoms with Crippen molar-refractivity contribution in [2.75, 3.05) is 11.9 Å². The van der Waals surface area contributed by atoms with E-state index in [-0.39, 0.29) is 5.56 Å². The van der Waals surface area contributed by atoms with Crippen molar-refractivity contribution in [3.8, 4) is 0 Å². The highest BCUT2D eigenvalue weighted by atomic mass is 35.5. The third kappa shape index (κ3) is 3.81. The summed E-state index contributed by atoms with van der Waals surface area (Å²) in [4.78, 5) is 18.5. The summed E-state index contributed by atoms with van der Waals surface area (Å²) in [5.41, 5.74) is 0.758. The van der Waals surface area contributed by atoms with E-state index in [2.05, 4.69) is 18.8 Å². The fourth-order valence-corrected chi connectivity index (χ4v) is 2.62. The second-order valence-electron chi connectivity index (χ2n) is 5.67. The van der Waals surface area contributed by atoms with Crippen molar-refractivity contribution in [2.24, 2.45) is 5.92 Å². The third-order valence-electron chi connectivity index (χ3n) is 3.26. The smallest absolute Gasteiger partial charge is 0.293 e. The van der Waals surface area contributed by atoms with E-state index in [0.29, 0.717) is 34.9 Å². The average Bonchev–Trinajstić information content (AvgIpc) is 2.45. The second kappa shape index (κ2) is 7.16. The minimum absolute atomic E-state index is 0.100. The molecule has 2 rings (SSSR count). The second-order valence-corrected chi connectivity index (χ2v) is 6.46. The van der Waals surface area contributed by atoms with Crippen molar-refractivity contribution in [2.45, 2.75) is 26.9 Å². The normalized spacial score (nSPS) is 11.0. The fraction of sp³-hybridized carbons (Fsp3) is 0.375. The first-order valence-corrected chi connectivity index (χ1v) is 7.85. The molecule has 0 aliphatic heterocycles. The van der Waals surface area contributed by atoms with Crippen molar-refractivity contribution in [1.29, 1.82) is 0 Å². The van der Waals surface area contributed by atoms with Crippen molar-refractivity contribution in [3.05, 3.63) is 56.6 Å². The molecule has 0 N–H and O–H groups in total. The number of aromatic nitrogens is 2. The van der Waals surface area contributed by atoms with Gasteiger partial charge in [0.1, 0.15) is 0 Å². The Balaban J connectivity index is 2.28. The maximum Gasteiger partial charge on any atom is 0.293 e. The van der Waals surface area contributed by atoms with Gasteiger partial charge in [0, 0.05) is 32.5 Å². The Bertz CT molecular complexity index is 713. The molecule has 1 aromatic carbocycles. The number of hydrogen-bond acceptors (Lipinski definition) is 3. The minimum Gasteiger partial charge on any atom is -0.351 e. The summed E-state index contributed by atoms with van der Waals surface area (Å²) in [6.07, 6.45) is 3.36. The van der Waals surface area contributed by atoms with Crippen LogP contribution in [0.25, 0.3) is 0 Å². The molecular weight excluding hydrogens is 321 g/mol. The molecule has 6 heteroatoms. The summed E-state index contributed by atoms with van der Waals surface area (Å²) in [5.74, 6) is 0.792. The first kappa shape index (κ1) is 16.8. The monoisotopic (exact) mass is 339 g/mol. The lowest BCUT2D eigenvalue weighted by atomic mass is 10.2. The van der Waals surface area contributed by atoms with Crippen molar-refractivity contribution >= 4 is 29.0 Å². The third-order valence-corrected chi connectivity index (χ3v) is 4.12. The number of anilines is 1. The standard InChI is InChI=1S/C16H19Cl2N3O/c1-11(2)9-21-8-7-19-15(16(21)22)20(3)10-12-5-4-6-13(17)14(12)18/h4-8,11H,9-10H2,1-3H3. The van der Waals surface area contributed by atoms with Crippen LogP contribution in [0.2, 0.25) is 10.0 Å². The Hall–Kier alpha value is -1.52. The van der Waals surface area contributed by atoms with Crippen LogP contribution in [0, 0.1) is 5.92 Å². The Morgan fingerprint density at radius 1 is 1.32 bits per heavy atom. The molecule has 0 saturated carbocycles. The molecule has 118 valence electrons. The van der Waals surface area contributed by atoms with Gasteiger partial charge in [-0.15, -0.1) is 0 Å². The Kier molecular flexibility index (Phi) is 5.48. The van der Waals surface area contributed by atoms with Crippen LogP contribution >= 0.6 is 23.2 Å². The van der Waals surface area contributed by atoms with Crippen LogP contribution in [-0.2, 0) is 13.1 Å².